The fraction of sp³-hybridized carbons (Fsp3) is 0. The fourth-order valence-corrected chi connectivity index (χ4v) is 11.9. The average molecular weight is 939 g/mol. The van der Waals surface area contributed by atoms with Crippen LogP contribution in [0.5, 0.6) is 0 Å². The van der Waals surface area contributed by atoms with Crippen molar-refractivity contribution in [1.82, 2.24) is 29.1 Å². The molecule has 6 heterocycles. The van der Waals surface area contributed by atoms with Gasteiger partial charge in [-0.25, -0.2) is 19.9 Å². The lowest BCUT2D eigenvalue weighted by Crippen LogP contribution is -2.03. The zero-order chi connectivity index (χ0) is 47.3. The maximum Gasteiger partial charge on any atom is 0.235 e. The van der Waals surface area contributed by atoms with Gasteiger partial charge in [0.05, 0.1) is 44.5 Å². The molecule has 0 atom stereocenters. The van der Waals surface area contributed by atoms with E-state index in [4.69, 9.17) is 24.4 Å². The molecule has 0 aliphatic carbocycles. The SMILES string of the molecule is c1ccc(-c2nc(-n3c4ccccc4c4cc5oc6ccccc6c5cc43)nc3ccccc23)cc1.c1ccc(-c2nc(-n3c4ccccc4c4cc5sc6ccccc6c5cc43)nc3ccccc23)cc1. The van der Waals surface area contributed by atoms with Crippen LogP contribution in [0.1, 0.15) is 0 Å². The van der Waals surface area contributed by atoms with Crippen LogP contribution in [-0.2, 0) is 0 Å². The average Bonchev–Trinajstić information content (AvgIpc) is 4.19. The van der Waals surface area contributed by atoms with Crippen LogP contribution in [0.15, 0.2) is 235 Å². The Labute approximate surface area is 415 Å². The van der Waals surface area contributed by atoms with Gasteiger partial charge in [0, 0.05) is 74.4 Å². The van der Waals surface area contributed by atoms with Crippen LogP contribution in [0.25, 0.3) is 142 Å². The minimum atomic E-state index is 0.658. The second-order valence-corrected chi connectivity index (χ2v) is 19.2. The third kappa shape index (κ3) is 6.29. The van der Waals surface area contributed by atoms with Gasteiger partial charge in [-0.3, -0.25) is 9.13 Å². The van der Waals surface area contributed by atoms with Crippen molar-refractivity contribution in [3.8, 4) is 34.4 Å². The highest BCUT2D eigenvalue weighted by Crippen LogP contribution is 2.42. The van der Waals surface area contributed by atoms with Gasteiger partial charge in [0.2, 0.25) is 11.9 Å². The second-order valence-electron chi connectivity index (χ2n) is 18.1. The molecule has 10 aromatic carbocycles. The first kappa shape index (κ1) is 40.4. The summed E-state index contributed by atoms with van der Waals surface area (Å²) >= 11 is 1.85. The van der Waals surface area contributed by atoms with Gasteiger partial charge in [-0.05, 0) is 60.7 Å². The summed E-state index contributed by atoms with van der Waals surface area (Å²) in [5.41, 5.74) is 12.0. The Balaban J connectivity index is 0.000000128. The van der Waals surface area contributed by atoms with Gasteiger partial charge < -0.3 is 4.42 Å². The molecule has 336 valence electrons. The van der Waals surface area contributed by atoms with E-state index in [1.807, 2.05) is 65.9 Å². The summed E-state index contributed by atoms with van der Waals surface area (Å²) in [7, 11) is 0. The van der Waals surface area contributed by atoms with E-state index in [-0.39, 0.29) is 0 Å². The quantitative estimate of drug-likeness (QED) is 0.176. The summed E-state index contributed by atoms with van der Waals surface area (Å²) in [6.45, 7) is 0. The predicted octanol–water partition coefficient (Wildman–Crippen LogP) is 17.1. The standard InChI is InChI=1S/C32H19N3O.C32H19N3S/c2*1-2-10-20(11-3-1)31-23-14-4-7-15-26(23)33-32(34-31)35-27-16-8-5-12-21(27)24-19-30-25(18-28(24)35)22-13-6-9-17-29(22)36-30/h2*1-19H. The van der Waals surface area contributed by atoms with Crippen LogP contribution in [0.4, 0.5) is 0 Å². The highest BCUT2D eigenvalue weighted by molar-refractivity contribution is 7.25. The number of para-hydroxylation sites is 5. The van der Waals surface area contributed by atoms with E-state index in [0.717, 1.165) is 99.1 Å². The van der Waals surface area contributed by atoms with Gasteiger partial charge in [-0.15, -0.1) is 11.3 Å². The van der Waals surface area contributed by atoms with Gasteiger partial charge in [-0.1, -0.05) is 170 Å². The smallest absolute Gasteiger partial charge is 0.235 e. The molecular weight excluding hydrogens is 901 g/mol. The van der Waals surface area contributed by atoms with E-state index < -0.39 is 0 Å². The third-order valence-corrected chi connectivity index (χ3v) is 15.2. The van der Waals surface area contributed by atoms with Crippen LogP contribution in [-0.4, -0.2) is 29.1 Å². The van der Waals surface area contributed by atoms with Crippen molar-refractivity contribution in [3.63, 3.8) is 0 Å². The molecule has 8 heteroatoms. The molecule has 16 rings (SSSR count). The Kier molecular flexibility index (Phi) is 8.99. The highest BCUT2D eigenvalue weighted by atomic mass is 32.1. The van der Waals surface area contributed by atoms with Crippen LogP contribution in [0, 0.1) is 0 Å². The van der Waals surface area contributed by atoms with Crippen molar-refractivity contribution >= 4 is 119 Å². The Bertz CT molecular complexity index is 4510. The van der Waals surface area contributed by atoms with Gasteiger partial charge in [0.15, 0.2) is 0 Å². The first-order valence-electron chi connectivity index (χ1n) is 24.0. The molecule has 0 bridgehead atoms. The fourth-order valence-electron chi connectivity index (χ4n) is 10.8. The Morgan fingerprint density at radius 3 is 1.35 bits per heavy atom. The maximum atomic E-state index is 6.22. The van der Waals surface area contributed by atoms with Gasteiger partial charge in [0.1, 0.15) is 11.2 Å². The van der Waals surface area contributed by atoms with Crippen LogP contribution in [0.2, 0.25) is 0 Å². The lowest BCUT2D eigenvalue weighted by atomic mass is 10.1. The molecule has 0 spiro atoms. The number of nitrogens with zero attached hydrogens (tertiary/aromatic N) is 6. The number of benzene rings is 10. The minimum Gasteiger partial charge on any atom is -0.456 e. The van der Waals surface area contributed by atoms with Crippen molar-refractivity contribution in [3.05, 3.63) is 231 Å². The molecule has 6 aromatic heterocycles. The number of thiophene rings is 1. The Morgan fingerprint density at radius 1 is 0.292 bits per heavy atom. The lowest BCUT2D eigenvalue weighted by Gasteiger charge is -2.11. The number of hydrogen-bond donors (Lipinski definition) is 0. The molecular formula is C64H38N6OS. The number of furan rings is 1. The molecule has 0 aliphatic heterocycles. The zero-order valence-corrected chi connectivity index (χ0v) is 39.3. The van der Waals surface area contributed by atoms with Crippen molar-refractivity contribution < 1.29 is 4.42 Å². The third-order valence-electron chi connectivity index (χ3n) is 14.0. The van der Waals surface area contributed by atoms with E-state index >= 15 is 0 Å². The number of aromatic nitrogens is 6. The summed E-state index contributed by atoms with van der Waals surface area (Å²) in [4.78, 5) is 20.5. The van der Waals surface area contributed by atoms with Crippen LogP contribution < -0.4 is 0 Å². The topological polar surface area (TPSA) is 74.6 Å². The van der Waals surface area contributed by atoms with E-state index in [1.54, 1.807) is 0 Å². The molecule has 0 amide bonds. The van der Waals surface area contributed by atoms with Gasteiger partial charge in [-0.2, -0.15) is 0 Å². The number of fused-ring (bicyclic) bond motifs is 14. The summed E-state index contributed by atoms with van der Waals surface area (Å²) in [5.74, 6) is 1.35. The predicted molar refractivity (Wildman–Crippen MR) is 299 cm³/mol. The van der Waals surface area contributed by atoms with Crippen LogP contribution in [0.3, 0.4) is 0 Å². The molecule has 0 fully saturated rings. The molecule has 72 heavy (non-hydrogen) atoms. The minimum absolute atomic E-state index is 0.658. The van der Waals surface area contributed by atoms with E-state index in [0.29, 0.717) is 11.9 Å². The first-order chi connectivity index (χ1) is 35.7. The van der Waals surface area contributed by atoms with Crippen molar-refractivity contribution in [2.24, 2.45) is 0 Å². The summed E-state index contributed by atoms with van der Waals surface area (Å²) < 4.78 is 13.2. The number of hydrogen-bond acceptors (Lipinski definition) is 6. The Morgan fingerprint density at radius 2 is 0.750 bits per heavy atom. The van der Waals surface area contributed by atoms with Gasteiger partial charge in [0.25, 0.3) is 0 Å². The Hall–Kier alpha value is -9.50. The van der Waals surface area contributed by atoms with Crippen molar-refractivity contribution in [1.29, 1.82) is 0 Å². The van der Waals surface area contributed by atoms with Crippen molar-refractivity contribution in [2.45, 2.75) is 0 Å². The summed E-state index contributed by atoms with van der Waals surface area (Å²) in [6.07, 6.45) is 0. The van der Waals surface area contributed by atoms with E-state index in [9.17, 15) is 0 Å². The molecule has 0 radical (unpaired) electrons. The molecule has 0 saturated heterocycles. The highest BCUT2D eigenvalue weighted by Gasteiger charge is 2.21. The van der Waals surface area contributed by atoms with Gasteiger partial charge >= 0.3 is 0 Å². The molecule has 0 aliphatic rings. The van der Waals surface area contributed by atoms with Crippen LogP contribution >= 0.6 is 11.3 Å². The molecule has 0 unspecified atom stereocenters. The molecule has 7 nitrogen and oxygen atoms in total. The molecule has 0 N–H and O–H groups in total. The maximum absolute atomic E-state index is 6.22. The lowest BCUT2D eigenvalue weighted by molar-refractivity contribution is 0.669. The number of rotatable bonds is 4. The molecule has 0 saturated carbocycles. The largest absolute Gasteiger partial charge is 0.456 e. The van der Waals surface area contributed by atoms with E-state index in [2.05, 4.69) is 185 Å². The second kappa shape index (κ2) is 16.0. The van der Waals surface area contributed by atoms with E-state index in [1.165, 1.54) is 30.9 Å². The summed E-state index contributed by atoms with van der Waals surface area (Å²) in [5, 5.41) is 11.6. The monoisotopic (exact) mass is 938 g/mol. The zero-order valence-electron chi connectivity index (χ0n) is 38.4. The first-order valence-corrected chi connectivity index (χ1v) is 24.9. The summed E-state index contributed by atoms with van der Waals surface area (Å²) in [6, 6.07) is 80.1. The normalized spacial score (nSPS) is 11.9. The molecule has 16 aromatic rings. The van der Waals surface area contributed by atoms with Crippen molar-refractivity contribution in [2.75, 3.05) is 0 Å².